The molecular formula is C19H22O2. The number of ether oxygens (including phenoxy) is 2. The first-order valence-electron chi connectivity index (χ1n) is 7.39. The van der Waals surface area contributed by atoms with E-state index in [1.165, 1.54) is 5.57 Å². The lowest BCUT2D eigenvalue weighted by Gasteiger charge is -2.08. The van der Waals surface area contributed by atoms with Crippen molar-refractivity contribution in [3.05, 3.63) is 66.2 Å². The molecule has 0 aliphatic heterocycles. The van der Waals surface area contributed by atoms with E-state index in [9.17, 15) is 0 Å². The van der Waals surface area contributed by atoms with Gasteiger partial charge in [-0.2, -0.15) is 0 Å². The lowest BCUT2D eigenvalue weighted by atomic mass is 10.2. The zero-order valence-corrected chi connectivity index (χ0v) is 12.7. The van der Waals surface area contributed by atoms with Gasteiger partial charge in [0.05, 0.1) is 6.61 Å². The molecule has 2 aromatic rings. The molecule has 0 spiro atoms. The van der Waals surface area contributed by atoms with Gasteiger partial charge in [-0.15, -0.1) is 0 Å². The Morgan fingerprint density at radius 2 is 1.52 bits per heavy atom. The Morgan fingerprint density at radius 1 is 0.905 bits per heavy atom. The Bertz CT molecular complexity index is 556. The van der Waals surface area contributed by atoms with E-state index in [4.69, 9.17) is 9.47 Å². The molecular weight excluding hydrogens is 260 g/mol. The smallest absolute Gasteiger partial charge is 0.127 e. The highest BCUT2D eigenvalue weighted by Gasteiger charge is 1.98. The van der Waals surface area contributed by atoms with E-state index in [-0.39, 0.29) is 0 Å². The van der Waals surface area contributed by atoms with Crippen LogP contribution in [0.4, 0.5) is 0 Å². The fourth-order valence-corrected chi connectivity index (χ4v) is 1.85. The molecule has 0 bridgehead atoms. The summed E-state index contributed by atoms with van der Waals surface area (Å²) in [6.45, 7) is 5.02. The second-order valence-electron chi connectivity index (χ2n) is 4.93. The summed E-state index contributed by atoms with van der Waals surface area (Å²) in [6, 6.07) is 17.5. The molecule has 2 rings (SSSR count). The van der Waals surface area contributed by atoms with Crippen molar-refractivity contribution in [2.24, 2.45) is 0 Å². The predicted octanol–water partition coefficient (Wildman–Crippen LogP) is 5.60. The second-order valence-corrected chi connectivity index (χ2v) is 4.93. The molecule has 2 nitrogen and oxygen atoms in total. The fraction of sp³-hybridized carbons (Fsp3) is 0.263. The van der Waals surface area contributed by atoms with Crippen LogP contribution in [0.5, 0.6) is 17.2 Å². The molecule has 0 N–H and O–H groups in total. The van der Waals surface area contributed by atoms with Gasteiger partial charge in [-0.3, -0.25) is 0 Å². The molecule has 0 aliphatic carbocycles. The van der Waals surface area contributed by atoms with Crippen LogP contribution in [0.1, 0.15) is 26.7 Å². The predicted molar refractivity (Wildman–Crippen MR) is 87.1 cm³/mol. The van der Waals surface area contributed by atoms with Crippen LogP contribution in [0, 0.1) is 0 Å². The van der Waals surface area contributed by atoms with Gasteiger partial charge in [0.25, 0.3) is 0 Å². The molecule has 0 heterocycles. The van der Waals surface area contributed by atoms with Crippen molar-refractivity contribution in [3.63, 3.8) is 0 Å². The molecule has 0 fully saturated rings. The Balaban J connectivity index is 1.82. The van der Waals surface area contributed by atoms with Crippen LogP contribution in [0.3, 0.4) is 0 Å². The fourth-order valence-electron chi connectivity index (χ4n) is 1.85. The van der Waals surface area contributed by atoms with Crippen molar-refractivity contribution in [2.75, 3.05) is 6.61 Å². The normalized spacial score (nSPS) is 11.2. The molecule has 0 aliphatic rings. The third-order valence-electron chi connectivity index (χ3n) is 3.24. The zero-order valence-electron chi connectivity index (χ0n) is 12.7. The van der Waals surface area contributed by atoms with Crippen LogP contribution in [-0.2, 0) is 0 Å². The molecule has 0 atom stereocenters. The van der Waals surface area contributed by atoms with Crippen molar-refractivity contribution in [3.8, 4) is 17.2 Å². The lowest BCUT2D eigenvalue weighted by Crippen LogP contribution is -1.96. The highest BCUT2D eigenvalue weighted by molar-refractivity contribution is 5.35. The number of para-hydroxylation sites is 1. The molecule has 0 unspecified atom stereocenters. The van der Waals surface area contributed by atoms with Gasteiger partial charge >= 0.3 is 0 Å². The highest BCUT2D eigenvalue weighted by Crippen LogP contribution is 2.23. The summed E-state index contributed by atoms with van der Waals surface area (Å²) in [5.41, 5.74) is 1.41. The van der Waals surface area contributed by atoms with E-state index >= 15 is 0 Å². The third-order valence-corrected chi connectivity index (χ3v) is 3.24. The molecule has 0 saturated carbocycles. The molecule has 0 saturated heterocycles. The average molecular weight is 282 g/mol. The summed E-state index contributed by atoms with van der Waals surface area (Å²) >= 11 is 0. The lowest BCUT2D eigenvalue weighted by molar-refractivity contribution is 0.324. The van der Waals surface area contributed by atoms with Gasteiger partial charge in [0.1, 0.15) is 17.2 Å². The van der Waals surface area contributed by atoms with Gasteiger partial charge in [-0.05, 0) is 56.2 Å². The van der Waals surface area contributed by atoms with Crippen molar-refractivity contribution in [1.29, 1.82) is 0 Å². The van der Waals surface area contributed by atoms with Crippen LogP contribution >= 0.6 is 0 Å². The first-order valence-corrected chi connectivity index (χ1v) is 7.39. The number of benzene rings is 2. The zero-order chi connectivity index (χ0) is 14.9. The molecule has 21 heavy (non-hydrogen) atoms. The number of rotatable bonds is 7. The van der Waals surface area contributed by atoms with Crippen molar-refractivity contribution < 1.29 is 9.47 Å². The highest BCUT2D eigenvalue weighted by atomic mass is 16.5. The number of hydrogen-bond acceptors (Lipinski definition) is 2. The van der Waals surface area contributed by atoms with E-state index < -0.39 is 0 Å². The van der Waals surface area contributed by atoms with E-state index in [0.29, 0.717) is 6.61 Å². The Labute approximate surface area is 127 Å². The van der Waals surface area contributed by atoms with Crippen molar-refractivity contribution in [2.45, 2.75) is 26.7 Å². The standard InChI is InChI=1S/C19H22O2/c1-3-16(2)8-7-15-20-17-11-13-19(14-12-17)21-18-9-5-4-6-10-18/h4-6,8-14H,3,7,15H2,1-2H3. The minimum atomic E-state index is 0.705. The van der Waals surface area contributed by atoms with Gasteiger partial charge in [-0.1, -0.05) is 36.8 Å². The molecule has 110 valence electrons. The maximum Gasteiger partial charge on any atom is 0.127 e. The van der Waals surface area contributed by atoms with E-state index in [1.54, 1.807) is 0 Å². The Morgan fingerprint density at radius 3 is 2.19 bits per heavy atom. The Hall–Kier alpha value is -2.22. The van der Waals surface area contributed by atoms with Crippen LogP contribution in [0.25, 0.3) is 0 Å². The van der Waals surface area contributed by atoms with Crippen LogP contribution in [-0.4, -0.2) is 6.61 Å². The summed E-state index contributed by atoms with van der Waals surface area (Å²) in [6.07, 6.45) is 4.28. The van der Waals surface area contributed by atoms with Gasteiger partial charge in [0.15, 0.2) is 0 Å². The maximum atomic E-state index is 5.74. The average Bonchev–Trinajstić information content (AvgIpc) is 2.54. The summed E-state index contributed by atoms with van der Waals surface area (Å²) in [4.78, 5) is 0. The van der Waals surface area contributed by atoms with E-state index in [1.807, 2.05) is 54.6 Å². The van der Waals surface area contributed by atoms with Gasteiger partial charge in [-0.25, -0.2) is 0 Å². The summed E-state index contributed by atoms with van der Waals surface area (Å²) < 4.78 is 11.4. The van der Waals surface area contributed by atoms with Gasteiger partial charge in [0.2, 0.25) is 0 Å². The number of allylic oxidation sites excluding steroid dienone is 1. The molecule has 0 radical (unpaired) electrons. The molecule has 2 heteroatoms. The van der Waals surface area contributed by atoms with Crippen LogP contribution in [0.15, 0.2) is 66.2 Å². The summed E-state index contributed by atoms with van der Waals surface area (Å²) in [5, 5.41) is 0. The SMILES string of the molecule is CCC(C)=CCCOc1ccc(Oc2ccccc2)cc1. The van der Waals surface area contributed by atoms with Crippen molar-refractivity contribution in [1.82, 2.24) is 0 Å². The van der Waals surface area contributed by atoms with E-state index in [2.05, 4.69) is 19.9 Å². The largest absolute Gasteiger partial charge is 0.493 e. The summed E-state index contributed by atoms with van der Waals surface area (Å²) in [7, 11) is 0. The summed E-state index contributed by atoms with van der Waals surface area (Å²) in [5.74, 6) is 2.53. The van der Waals surface area contributed by atoms with Crippen LogP contribution in [0.2, 0.25) is 0 Å². The molecule has 0 aromatic heterocycles. The minimum absolute atomic E-state index is 0.705. The van der Waals surface area contributed by atoms with E-state index in [0.717, 1.165) is 30.1 Å². The molecule has 0 amide bonds. The molecule has 2 aromatic carbocycles. The minimum Gasteiger partial charge on any atom is -0.493 e. The second kappa shape index (κ2) is 8.15. The van der Waals surface area contributed by atoms with Crippen molar-refractivity contribution >= 4 is 0 Å². The monoisotopic (exact) mass is 282 g/mol. The van der Waals surface area contributed by atoms with Gasteiger partial charge < -0.3 is 9.47 Å². The first-order chi connectivity index (χ1) is 10.3. The maximum absolute atomic E-state index is 5.74. The third kappa shape index (κ3) is 5.35. The topological polar surface area (TPSA) is 18.5 Å². The first kappa shape index (κ1) is 15.2. The number of hydrogen-bond donors (Lipinski definition) is 0. The van der Waals surface area contributed by atoms with Crippen LogP contribution < -0.4 is 9.47 Å². The van der Waals surface area contributed by atoms with Gasteiger partial charge in [0, 0.05) is 0 Å². The Kier molecular flexibility index (Phi) is 5.89. The quantitative estimate of drug-likeness (QED) is 0.486.